The van der Waals surface area contributed by atoms with Crippen LogP contribution in [0.4, 0.5) is 0 Å². The van der Waals surface area contributed by atoms with E-state index in [1.165, 1.54) is 36.7 Å². The van der Waals surface area contributed by atoms with Crippen molar-refractivity contribution in [1.29, 1.82) is 0 Å². The van der Waals surface area contributed by atoms with Gasteiger partial charge < -0.3 is 19.4 Å². The second-order valence-electron chi connectivity index (χ2n) is 14.1. The molecule has 3 aromatic carbocycles. The first-order valence-corrected chi connectivity index (χ1v) is 16.3. The Morgan fingerprint density at radius 2 is 1.45 bits per heavy atom. The smallest absolute Gasteiger partial charge is 0.120 e. The summed E-state index contributed by atoms with van der Waals surface area (Å²) in [5.74, 6) is 0. The maximum atomic E-state index is 8.67. The van der Waals surface area contributed by atoms with Gasteiger partial charge in [-0.15, -0.1) is 35.9 Å². The molecule has 51 heavy (non-hydrogen) atoms. The summed E-state index contributed by atoms with van der Waals surface area (Å²) in [6.07, 6.45) is 2.09. The van der Waals surface area contributed by atoms with E-state index >= 15 is 0 Å². The number of benzene rings is 3. The van der Waals surface area contributed by atoms with Gasteiger partial charge in [0.05, 0.1) is 5.58 Å². The van der Waals surface area contributed by atoms with Crippen molar-refractivity contribution >= 4 is 21.9 Å². The van der Waals surface area contributed by atoms with Crippen LogP contribution in [-0.4, -0.2) is 15.0 Å². The van der Waals surface area contributed by atoms with Crippen LogP contribution in [0.3, 0.4) is 0 Å². The third kappa shape index (κ3) is 9.27. The molecule has 7 aromatic rings. The van der Waals surface area contributed by atoms with Crippen molar-refractivity contribution in [2.24, 2.45) is 10.8 Å². The predicted molar refractivity (Wildman–Crippen MR) is 208 cm³/mol. The summed E-state index contributed by atoms with van der Waals surface area (Å²) >= 11 is 0. The Labute approximate surface area is 335 Å². The van der Waals surface area contributed by atoms with E-state index in [2.05, 4.69) is 27.2 Å². The molecule has 0 saturated heterocycles. The number of hydrogen-bond donors (Lipinski definition) is 0. The van der Waals surface area contributed by atoms with Crippen LogP contribution in [-0.2, 0) is 32.9 Å². The summed E-state index contributed by atoms with van der Waals surface area (Å²) in [5.41, 5.74) is 2.71. The van der Waals surface area contributed by atoms with Gasteiger partial charge in [-0.2, -0.15) is 0 Å². The van der Waals surface area contributed by atoms with E-state index in [4.69, 9.17) is 22.2 Å². The minimum Gasteiger partial charge on any atom is -0.501 e. The largest absolute Gasteiger partial charge is 0.501 e. The van der Waals surface area contributed by atoms with Crippen molar-refractivity contribution in [3.8, 4) is 33.6 Å². The molecule has 1 radical (unpaired) electrons. The molecule has 0 spiro atoms. The average molecular weight is 863 g/mol. The van der Waals surface area contributed by atoms with Crippen LogP contribution in [0.1, 0.15) is 87.3 Å². The van der Waals surface area contributed by atoms with Crippen LogP contribution in [0.15, 0.2) is 102 Å². The van der Waals surface area contributed by atoms with Crippen LogP contribution in [0.25, 0.3) is 55.6 Å². The molecule has 0 unspecified atom stereocenters. The Hall–Kier alpha value is -4.44. The zero-order valence-electron chi connectivity index (χ0n) is 42.3. The van der Waals surface area contributed by atoms with E-state index in [1.54, 1.807) is 51.1 Å². The maximum Gasteiger partial charge on any atom is 0.120 e. The Morgan fingerprint density at radius 1 is 0.706 bits per heavy atom. The monoisotopic (exact) mass is 863 g/mol. The second kappa shape index (κ2) is 15.4. The number of furan rings is 1. The van der Waals surface area contributed by atoms with Crippen molar-refractivity contribution < 1.29 is 42.3 Å². The van der Waals surface area contributed by atoms with Gasteiger partial charge >= 0.3 is 0 Å². The first-order chi connectivity index (χ1) is 28.9. The minimum absolute atomic E-state index is 0. The number of aryl methyl sites for hydroxylation is 3. The number of pyridine rings is 3. The van der Waals surface area contributed by atoms with Crippen LogP contribution in [0.2, 0.25) is 0 Å². The predicted octanol–water partition coefficient (Wildman–Crippen LogP) is 12.2. The first-order valence-electron chi connectivity index (χ1n) is 22.8. The molecule has 4 heterocycles. The van der Waals surface area contributed by atoms with E-state index < -0.39 is 44.1 Å². The molecule has 5 heteroatoms. The first kappa shape index (κ1) is 23.9. The van der Waals surface area contributed by atoms with Crippen molar-refractivity contribution in [2.45, 2.75) is 74.8 Å². The Bertz CT molecular complexity index is 2760. The van der Waals surface area contributed by atoms with Crippen molar-refractivity contribution in [3.05, 3.63) is 138 Å². The molecule has 4 nitrogen and oxygen atoms in total. The zero-order chi connectivity index (χ0) is 46.7. The van der Waals surface area contributed by atoms with E-state index in [9.17, 15) is 0 Å². The van der Waals surface area contributed by atoms with Gasteiger partial charge in [0, 0.05) is 55.7 Å². The van der Waals surface area contributed by atoms with Gasteiger partial charge in [0.15, 0.2) is 0 Å². The second-order valence-corrected chi connectivity index (χ2v) is 14.1. The molecule has 4 aromatic heterocycles. The quantitative estimate of drug-likeness (QED) is 0.162. The van der Waals surface area contributed by atoms with Crippen molar-refractivity contribution in [1.82, 2.24) is 15.0 Å². The van der Waals surface area contributed by atoms with Crippen molar-refractivity contribution in [2.75, 3.05) is 0 Å². The average Bonchev–Trinajstić information content (AvgIpc) is 3.58. The maximum absolute atomic E-state index is 8.67. The Morgan fingerprint density at radius 3 is 2.14 bits per heavy atom. The standard InChI is InChI=1S/C30H28NO.C16H19N2.Ir/c1-19-15-21(17-30(3,4)5)13-14-22(19)26-16-27(31-18-20(26)2)25-11-8-10-24-23-9-6-7-12-28(23)32-29(24)25;1-12-5-7-14(11-17-12)15-8-6-13(10-18-15)9-16(2,3)4;/h6-10,12-16,18H,17H2,1-5H3;5-8,10H,9H2,1-4H3;/q2*-1;/i1D3,2D3,17D2;1D3,9D2;. The molecule has 0 N–H and O–H groups in total. The molecule has 0 bridgehead atoms. The molecule has 0 saturated carbocycles. The minimum atomic E-state index is -2.64. The number of fused-ring (bicyclic) bond motifs is 3. The number of nitrogens with zero attached hydrogens (tertiary/aromatic N) is 3. The number of para-hydroxylation sites is 1. The van der Waals surface area contributed by atoms with Gasteiger partial charge in [0.25, 0.3) is 0 Å². The fourth-order valence-electron chi connectivity index (χ4n) is 5.55. The summed E-state index contributed by atoms with van der Waals surface area (Å²) < 4.78 is 111. The van der Waals surface area contributed by atoms with Gasteiger partial charge in [-0.1, -0.05) is 114 Å². The molecule has 7 rings (SSSR count). The van der Waals surface area contributed by atoms with Gasteiger partial charge in [0.2, 0.25) is 0 Å². The Balaban J connectivity index is 0.000000274. The third-order valence-electron chi connectivity index (χ3n) is 7.59. The van der Waals surface area contributed by atoms with Gasteiger partial charge in [-0.3, -0.25) is 0 Å². The molecular formula is C46H47IrN3O-2. The topological polar surface area (TPSA) is 51.8 Å². The summed E-state index contributed by atoms with van der Waals surface area (Å²) in [7, 11) is 0. The molecule has 0 atom stereocenters. The van der Waals surface area contributed by atoms with Crippen LogP contribution in [0, 0.1) is 43.6 Å². The van der Waals surface area contributed by atoms with Crippen LogP contribution >= 0.6 is 0 Å². The van der Waals surface area contributed by atoms with E-state index in [-0.39, 0.29) is 53.6 Å². The molecule has 0 amide bonds. The van der Waals surface area contributed by atoms with Crippen LogP contribution in [0.5, 0.6) is 0 Å². The number of rotatable bonds is 5. The van der Waals surface area contributed by atoms with E-state index in [0.29, 0.717) is 39.2 Å². The zero-order valence-corrected chi connectivity index (χ0v) is 31.7. The molecular weight excluding hydrogens is 803 g/mol. The van der Waals surface area contributed by atoms with Crippen molar-refractivity contribution in [3.63, 3.8) is 0 Å². The van der Waals surface area contributed by atoms with E-state index in [0.717, 1.165) is 10.8 Å². The fourth-order valence-corrected chi connectivity index (χ4v) is 5.55. The fraction of sp³-hybridized carbons (Fsp3) is 0.283. The third-order valence-corrected chi connectivity index (χ3v) is 7.59. The SMILES string of the molecule is [2H]C([2H])([2H])c1ccc(-c2ccc(C([2H])([2H])C(C)(C)C)cn2)[c-]n1.[2H]C([2H])([2H])c1cnc(-c2[c-]ccc3c2oc2ccccc23)cc1-c1ccc(C([2H])([2H])C(C)(C)C)cc1C([2H])([2H])[2H].[Ir]. The summed E-state index contributed by atoms with van der Waals surface area (Å²) in [5, 5.41) is 1.77. The number of hydrogen-bond acceptors (Lipinski definition) is 4. The Kier molecular flexibility index (Phi) is 7.24. The normalized spacial score (nSPS) is 16.7. The van der Waals surface area contributed by atoms with E-state index in [1.807, 2.05) is 51.1 Å². The van der Waals surface area contributed by atoms with Gasteiger partial charge in [-0.25, -0.2) is 0 Å². The molecule has 263 valence electrons. The molecule has 0 fully saturated rings. The van der Waals surface area contributed by atoms with Gasteiger partial charge in [0.1, 0.15) is 5.58 Å². The molecule has 0 aliphatic carbocycles. The summed E-state index contributed by atoms with van der Waals surface area (Å²) in [4.78, 5) is 12.6. The summed E-state index contributed by atoms with van der Waals surface area (Å²) in [6.45, 7) is 3.27. The number of aromatic nitrogens is 3. The molecule has 0 aliphatic heterocycles. The summed E-state index contributed by atoms with van der Waals surface area (Å²) in [6, 6.07) is 26.7. The molecule has 0 aliphatic rings. The van der Waals surface area contributed by atoms with Gasteiger partial charge in [-0.05, 0) is 100 Å². The van der Waals surface area contributed by atoms with Crippen LogP contribution < -0.4 is 0 Å².